The van der Waals surface area contributed by atoms with Crippen molar-refractivity contribution >= 4 is 0 Å². The fourth-order valence-corrected chi connectivity index (χ4v) is 1.43. The molecule has 1 heteroatoms. The second kappa shape index (κ2) is 2.70. The van der Waals surface area contributed by atoms with Gasteiger partial charge in [-0.25, -0.2) is 0 Å². The standard InChI is InChI=1S/C8H16O/c1-6(2)3-7-4-8(7)5-9/h6-9H,3-5H2,1-2H3. The SMILES string of the molecule is CC(C)CC1CC1CO. The molecule has 9 heavy (non-hydrogen) atoms. The quantitative estimate of drug-likeness (QED) is 0.613. The Bertz CT molecular complexity index is 88.6. The predicted molar refractivity (Wildman–Crippen MR) is 38.1 cm³/mol. The first-order chi connectivity index (χ1) is 4.24. The molecule has 1 saturated carbocycles. The van der Waals surface area contributed by atoms with Crippen LogP contribution in [-0.2, 0) is 0 Å². The van der Waals surface area contributed by atoms with Gasteiger partial charge in [0.15, 0.2) is 0 Å². The lowest BCUT2D eigenvalue weighted by Crippen LogP contribution is -1.93. The summed E-state index contributed by atoms with van der Waals surface area (Å²) >= 11 is 0. The Labute approximate surface area is 57.1 Å². The van der Waals surface area contributed by atoms with Crippen LogP contribution in [0, 0.1) is 17.8 Å². The minimum atomic E-state index is 0.414. The van der Waals surface area contributed by atoms with E-state index in [0.717, 1.165) is 11.8 Å². The van der Waals surface area contributed by atoms with E-state index >= 15 is 0 Å². The van der Waals surface area contributed by atoms with Crippen molar-refractivity contribution in [2.24, 2.45) is 17.8 Å². The molecule has 1 aliphatic rings. The molecule has 1 rings (SSSR count). The zero-order valence-electron chi connectivity index (χ0n) is 6.30. The predicted octanol–water partition coefficient (Wildman–Crippen LogP) is 1.66. The van der Waals surface area contributed by atoms with Gasteiger partial charge in [0.1, 0.15) is 0 Å². The number of aliphatic hydroxyl groups is 1. The van der Waals surface area contributed by atoms with Gasteiger partial charge in [-0.05, 0) is 30.6 Å². The van der Waals surface area contributed by atoms with Crippen LogP contribution in [0.3, 0.4) is 0 Å². The molecule has 0 amide bonds. The first-order valence-corrected chi connectivity index (χ1v) is 3.85. The van der Waals surface area contributed by atoms with E-state index in [1.165, 1.54) is 12.8 Å². The maximum Gasteiger partial charge on any atom is 0.0462 e. The van der Waals surface area contributed by atoms with E-state index < -0.39 is 0 Å². The molecule has 1 fully saturated rings. The summed E-state index contributed by atoms with van der Waals surface area (Å²) in [4.78, 5) is 0. The minimum absolute atomic E-state index is 0.414. The van der Waals surface area contributed by atoms with Crippen LogP contribution in [0.5, 0.6) is 0 Å². The van der Waals surface area contributed by atoms with E-state index in [4.69, 9.17) is 5.11 Å². The van der Waals surface area contributed by atoms with Crippen LogP contribution in [0.2, 0.25) is 0 Å². The summed E-state index contributed by atoms with van der Waals surface area (Å²) in [6.45, 7) is 4.90. The maximum absolute atomic E-state index is 8.69. The summed E-state index contributed by atoms with van der Waals surface area (Å²) in [6.07, 6.45) is 2.58. The van der Waals surface area contributed by atoms with Crippen LogP contribution in [0.15, 0.2) is 0 Å². The fourth-order valence-electron chi connectivity index (χ4n) is 1.43. The van der Waals surface area contributed by atoms with Crippen molar-refractivity contribution in [1.82, 2.24) is 0 Å². The molecule has 0 radical (unpaired) electrons. The van der Waals surface area contributed by atoms with Crippen molar-refractivity contribution in [3.05, 3.63) is 0 Å². The molecule has 0 aromatic rings. The maximum atomic E-state index is 8.69. The third-order valence-corrected chi connectivity index (χ3v) is 2.08. The van der Waals surface area contributed by atoms with Gasteiger partial charge in [0.05, 0.1) is 0 Å². The van der Waals surface area contributed by atoms with Crippen LogP contribution < -0.4 is 0 Å². The second-order valence-corrected chi connectivity index (χ2v) is 3.57. The van der Waals surface area contributed by atoms with E-state index in [1.807, 2.05) is 0 Å². The lowest BCUT2D eigenvalue weighted by Gasteiger charge is -2.00. The molecular weight excluding hydrogens is 112 g/mol. The summed E-state index contributed by atoms with van der Waals surface area (Å²) in [5.41, 5.74) is 0. The summed E-state index contributed by atoms with van der Waals surface area (Å²) in [6, 6.07) is 0. The summed E-state index contributed by atoms with van der Waals surface area (Å²) < 4.78 is 0. The first-order valence-electron chi connectivity index (χ1n) is 3.85. The topological polar surface area (TPSA) is 20.2 Å². The number of hydrogen-bond acceptors (Lipinski definition) is 1. The van der Waals surface area contributed by atoms with Crippen LogP contribution in [0.25, 0.3) is 0 Å². The van der Waals surface area contributed by atoms with Gasteiger partial charge >= 0.3 is 0 Å². The number of aliphatic hydroxyl groups excluding tert-OH is 1. The average Bonchev–Trinajstić information content (AvgIpc) is 2.45. The largest absolute Gasteiger partial charge is 0.396 e. The highest BCUT2D eigenvalue weighted by molar-refractivity contribution is 4.85. The van der Waals surface area contributed by atoms with Gasteiger partial charge in [-0.15, -0.1) is 0 Å². The Kier molecular flexibility index (Phi) is 2.12. The third kappa shape index (κ3) is 1.98. The Balaban J connectivity index is 2.05. The van der Waals surface area contributed by atoms with Crippen LogP contribution >= 0.6 is 0 Å². The minimum Gasteiger partial charge on any atom is -0.396 e. The lowest BCUT2D eigenvalue weighted by atomic mass is 10.1. The zero-order valence-corrected chi connectivity index (χ0v) is 6.30. The van der Waals surface area contributed by atoms with Gasteiger partial charge in [0, 0.05) is 6.61 Å². The molecule has 0 spiro atoms. The van der Waals surface area contributed by atoms with Crippen molar-refractivity contribution in [3.8, 4) is 0 Å². The van der Waals surface area contributed by atoms with E-state index in [2.05, 4.69) is 13.8 Å². The van der Waals surface area contributed by atoms with E-state index in [-0.39, 0.29) is 0 Å². The Hall–Kier alpha value is -0.0400. The molecule has 2 unspecified atom stereocenters. The van der Waals surface area contributed by atoms with E-state index in [1.54, 1.807) is 0 Å². The normalized spacial score (nSPS) is 33.3. The number of hydrogen-bond donors (Lipinski definition) is 1. The Morgan fingerprint density at radius 3 is 2.44 bits per heavy atom. The molecule has 0 aromatic carbocycles. The van der Waals surface area contributed by atoms with Gasteiger partial charge in [-0.2, -0.15) is 0 Å². The molecule has 0 aromatic heterocycles. The van der Waals surface area contributed by atoms with E-state index in [9.17, 15) is 0 Å². The van der Waals surface area contributed by atoms with Crippen LogP contribution in [0.4, 0.5) is 0 Å². The smallest absolute Gasteiger partial charge is 0.0462 e. The molecule has 2 atom stereocenters. The molecule has 1 nitrogen and oxygen atoms in total. The Morgan fingerprint density at radius 2 is 2.11 bits per heavy atom. The third-order valence-electron chi connectivity index (χ3n) is 2.08. The van der Waals surface area contributed by atoms with E-state index in [0.29, 0.717) is 12.5 Å². The van der Waals surface area contributed by atoms with Gasteiger partial charge in [0.2, 0.25) is 0 Å². The lowest BCUT2D eigenvalue weighted by molar-refractivity contribution is 0.265. The molecule has 0 heterocycles. The van der Waals surface area contributed by atoms with Crippen LogP contribution in [-0.4, -0.2) is 11.7 Å². The number of rotatable bonds is 3. The summed E-state index contributed by atoms with van der Waals surface area (Å²) in [5, 5.41) is 8.69. The summed E-state index contributed by atoms with van der Waals surface area (Å²) in [5.74, 6) is 2.33. The molecule has 54 valence electrons. The van der Waals surface area contributed by atoms with Gasteiger partial charge in [-0.1, -0.05) is 13.8 Å². The van der Waals surface area contributed by atoms with Crippen molar-refractivity contribution in [2.75, 3.05) is 6.61 Å². The fraction of sp³-hybridized carbons (Fsp3) is 1.00. The van der Waals surface area contributed by atoms with Gasteiger partial charge in [-0.3, -0.25) is 0 Å². The van der Waals surface area contributed by atoms with Gasteiger partial charge in [0.25, 0.3) is 0 Å². The molecule has 0 saturated heterocycles. The van der Waals surface area contributed by atoms with Crippen molar-refractivity contribution in [2.45, 2.75) is 26.7 Å². The highest BCUT2D eigenvalue weighted by Crippen LogP contribution is 2.42. The molecule has 0 bridgehead atoms. The first kappa shape index (κ1) is 7.07. The molecule has 1 aliphatic carbocycles. The molecule has 1 N–H and O–H groups in total. The van der Waals surface area contributed by atoms with Crippen molar-refractivity contribution < 1.29 is 5.11 Å². The second-order valence-electron chi connectivity index (χ2n) is 3.57. The van der Waals surface area contributed by atoms with Gasteiger partial charge < -0.3 is 5.11 Å². The van der Waals surface area contributed by atoms with Crippen LogP contribution in [0.1, 0.15) is 26.7 Å². The average molecular weight is 128 g/mol. The highest BCUT2D eigenvalue weighted by Gasteiger charge is 2.35. The van der Waals surface area contributed by atoms with Crippen molar-refractivity contribution in [3.63, 3.8) is 0 Å². The summed E-state index contributed by atoms with van der Waals surface area (Å²) in [7, 11) is 0. The highest BCUT2D eigenvalue weighted by atomic mass is 16.3. The monoisotopic (exact) mass is 128 g/mol. The van der Waals surface area contributed by atoms with Crippen molar-refractivity contribution in [1.29, 1.82) is 0 Å². The molecular formula is C8H16O. The Morgan fingerprint density at radius 1 is 1.44 bits per heavy atom. The molecule has 0 aliphatic heterocycles. The zero-order chi connectivity index (χ0) is 6.85.